The number of carbonyl (C=O) groups is 1. The van der Waals surface area contributed by atoms with E-state index >= 15 is 0 Å². The zero-order valence-electron chi connectivity index (χ0n) is 17.2. The standard InChI is InChI=1S/C22H24N4O3S/c1-15(2)30(28,29)17-11-9-16(10-12-17)22(27)26-14-6-13-25(3)20-21(26)24-19-8-5-4-7-18(19)23-20/h4-5,7-12,15H,6,13-14H2,1-3H3. The molecule has 0 saturated heterocycles. The molecular formula is C22H24N4O3S. The summed E-state index contributed by atoms with van der Waals surface area (Å²) in [5.74, 6) is 0.973. The number of para-hydroxylation sites is 2. The van der Waals surface area contributed by atoms with Gasteiger partial charge in [-0.25, -0.2) is 18.4 Å². The van der Waals surface area contributed by atoms with E-state index in [1.54, 1.807) is 30.9 Å². The van der Waals surface area contributed by atoms with E-state index in [9.17, 15) is 13.2 Å². The number of nitrogens with zero attached hydrogens (tertiary/aromatic N) is 4. The number of sulfone groups is 1. The van der Waals surface area contributed by atoms with Gasteiger partial charge in [0.1, 0.15) is 0 Å². The average molecular weight is 425 g/mol. The van der Waals surface area contributed by atoms with Gasteiger partial charge >= 0.3 is 0 Å². The van der Waals surface area contributed by atoms with Gasteiger partial charge in [-0.1, -0.05) is 12.1 Å². The molecule has 0 spiro atoms. The number of hydrogen-bond acceptors (Lipinski definition) is 6. The van der Waals surface area contributed by atoms with Crippen molar-refractivity contribution >= 4 is 38.4 Å². The smallest absolute Gasteiger partial charge is 0.259 e. The molecule has 8 heteroatoms. The van der Waals surface area contributed by atoms with Crippen molar-refractivity contribution in [3.8, 4) is 0 Å². The first-order valence-corrected chi connectivity index (χ1v) is 11.5. The summed E-state index contributed by atoms with van der Waals surface area (Å²) in [6.07, 6.45) is 0.774. The molecule has 3 aromatic rings. The van der Waals surface area contributed by atoms with Gasteiger partial charge in [-0.05, 0) is 56.7 Å². The zero-order valence-corrected chi connectivity index (χ0v) is 18.1. The van der Waals surface area contributed by atoms with Crippen molar-refractivity contribution in [1.82, 2.24) is 9.97 Å². The highest BCUT2D eigenvalue weighted by Crippen LogP contribution is 2.31. The summed E-state index contributed by atoms with van der Waals surface area (Å²) in [7, 11) is -1.44. The van der Waals surface area contributed by atoms with Crippen LogP contribution in [-0.2, 0) is 9.84 Å². The van der Waals surface area contributed by atoms with Crippen molar-refractivity contribution in [3.63, 3.8) is 0 Å². The van der Waals surface area contributed by atoms with Gasteiger partial charge in [0.15, 0.2) is 21.5 Å². The largest absolute Gasteiger partial charge is 0.357 e. The topological polar surface area (TPSA) is 83.5 Å². The lowest BCUT2D eigenvalue weighted by Gasteiger charge is -2.23. The maximum Gasteiger partial charge on any atom is 0.259 e. The van der Waals surface area contributed by atoms with Crippen LogP contribution in [0.1, 0.15) is 30.6 Å². The van der Waals surface area contributed by atoms with Crippen LogP contribution in [0.5, 0.6) is 0 Å². The SMILES string of the molecule is CC(C)S(=O)(=O)c1ccc(C(=O)N2CCCN(C)c3nc4ccccc4nc32)cc1. The van der Waals surface area contributed by atoms with Crippen LogP contribution in [0, 0.1) is 0 Å². The molecule has 1 aromatic heterocycles. The minimum atomic E-state index is -3.38. The molecule has 0 radical (unpaired) electrons. The van der Waals surface area contributed by atoms with Crippen molar-refractivity contribution in [2.75, 3.05) is 29.9 Å². The Kier molecular flexibility index (Phi) is 5.19. The first-order valence-electron chi connectivity index (χ1n) is 9.93. The van der Waals surface area contributed by atoms with Gasteiger partial charge in [-0.2, -0.15) is 0 Å². The summed E-state index contributed by atoms with van der Waals surface area (Å²) in [6, 6.07) is 13.7. The molecule has 2 aromatic carbocycles. The molecule has 30 heavy (non-hydrogen) atoms. The highest BCUT2D eigenvalue weighted by atomic mass is 32.2. The summed E-state index contributed by atoms with van der Waals surface area (Å²) >= 11 is 0. The molecule has 1 aliphatic heterocycles. The maximum atomic E-state index is 13.3. The molecule has 0 unspecified atom stereocenters. The molecule has 156 valence electrons. The number of fused-ring (bicyclic) bond motifs is 2. The van der Waals surface area contributed by atoms with Crippen LogP contribution >= 0.6 is 0 Å². The third kappa shape index (κ3) is 3.52. The number of hydrogen-bond donors (Lipinski definition) is 0. The number of anilines is 2. The highest BCUT2D eigenvalue weighted by molar-refractivity contribution is 7.92. The van der Waals surface area contributed by atoms with E-state index in [1.165, 1.54) is 12.1 Å². The van der Waals surface area contributed by atoms with Crippen molar-refractivity contribution in [3.05, 3.63) is 54.1 Å². The number of benzene rings is 2. The lowest BCUT2D eigenvalue weighted by molar-refractivity contribution is 0.0986. The first kappa shape index (κ1) is 20.3. The zero-order chi connectivity index (χ0) is 21.5. The van der Waals surface area contributed by atoms with Gasteiger partial charge in [0.2, 0.25) is 0 Å². The van der Waals surface area contributed by atoms with Gasteiger partial charge in [0.25, 0.3) is 5.91 Å². The monoisotopic (exact) mass is 424 g/mol. The Morgan fingerprint density at radius 2 is 1.53 bits per heavy atom. The molecule has 0 fully saturated rings. The second kappa shape index (κ2) is 7.68. The molecule has 0 atom stereocenters. The quantitative estimate of drug-likeness (QED) is 0.642. The lowest BCUT2D eigenvalue weighted by atomic mass is 10.2. The van der Waals surface area contributed by atoms with E-state index < -0.39 is 15.1 Å². The van der Waals surface area contributed by atoms with Crippen molar-refractivity contribution in [1.29, 1.82) is 0 Å². The second-order valence-electron chi connectivity index (χ2n) is 7.71. The van der Waals surface area contributed by atoms with Gasteiger partial charge in [-0.3, -0.25) is 9.69 Å². The molecule has 1 amide bonds. The Labute approximate surface area is 176 Å². The first-order chi connectivity index (χ1) is 14.3. The van der Waals surface area contributed by atoms with Crippen LogP contribution in [0.15, 0.2) is 53.4 Å². The number of amides is 1. The third-order valence-electron chi connectivity index (χ3n) is 5.32. The van der Waals surface area contributed by atoms with Crippen molar-refractivity contribution in [2.45, 2.75) is 30.4 Å². The summed E-state index contributed by atoms with van der Waals surface area (Å²) in [4.78, 5) is 26.7. The Morgan fingerprint density at radius 3 is 2.13 bits per heavy atom. The van der Waals surface area contributed by atoms with Crippen LogP contribution in [0.2, 0.25) is 0 Å². The van der Waals surface area contributed by atoms with E-state index in [0.717, 1.165) is 24.0 Å². The van der Waals surface area contributed by atoms with Gasteiger partial charge in [0.05, 0.1) is 21.2 Å². The van der Waals surface area contributed by atoms with Crippen LogP contribution < -0.4 is 9.80 Å². The Hall–Kier alpha value is -3.00. The predicted octanol–water partition coefficient (Wildman–Crippen LogP) is 3.30. The van der Waals surface area contributed by atoms with E-state index in [4.69, 9.17) is 9.97 Å². The summed E-state index contributed by atoms with van der Waals surface area (Å²) in [5, 5.41) is -0.518. The van der Waals surface area contributed by atoms with E-state index in [1.807, 2.05) is 36.2 Å². The van der Waals surface area contributed by atoms with Gasteiger partial charge in [-0.15, -0.1) is 0 Å². The Morgan fingerprint density at radius 1 is 0.933 bits per heavy atom. The average Bonchev–Trinajstić information content (AvgIpc) is 2.90. The Bertz CT molecular complexity index is 1210. The molecule has 0 N–H and O–H groups in total. The summed E-state index contributed by atoms with van der Waals surface area (Å²) < 4.78 is 24.7. The van der Waals surface area contributed by atoms with Crippen LogP contribution in [0.3, 0.4) is 0 Å². The van der Waals surface area contributed by atoms with Crippen LogP contribution in [-0.4, -0.2) is 49.7 Å². The van der Waals surface area contributed by atoms with Crippen molar-refractivity contribution in [2.24, 2.45) is 0 Å². The lowest BCUT2D eigenvalue weighted by Crippen LogP contribution is -2.32. The molecule has 2 heterocycles. The van der Waals surface area contributed by atoms with Crippen molar-refractivity contribution < 1.29 is 13.2 Å². The highest BCUT2D eigenvalue weighted by Gasteiger charge is 2.28. The summed E-state index contributed by atoms with van der Waals surface area (Å²) in [5.41, 5.74) is 1.92. The minimum absolute atomic E-state index is 0.218. The molecule has 4 rings (SSSR count). The maximum absolute atomic E-state index is 13.3. The fraction of sp³-hybridized carbons (Fsp3) is 0.318. The number of carbonyl (C=O) groups excluding carboxylic acids is 1. The molecule has 0 saturated carbocycles. The molecular weight excluding hydrogens is 400 g/mol. The normalized spacial score (nSPS) is 14.7. The Balaban J connectivity index is 1.74. The molecule has 1 aliphatic rings. The van der Waals surface area contributed by atoms with E-state index in [2.05, 4.69) is 0 Å². The number of rotatable bonds is 3. The number of aromatic nitrogens is 2. The van der Waals surface area contributed by atoms with Gasteiger partial charge < -0.3 is 4.90 Å². The molecule has 0 aliphatic carbocycles. The minimum Gasteiger partial charge on any atom is -0.357 e. The second-order valence-corrected chi connectivity index (χ2v) is 10.2. The molecule has 7 nitrogen and oxygen atoms in total. The van der Waals surface area contributed by atoms with E-state index in [-0.39, 0.29) is 10.8 Å². The summed E-state index contributed by atoms with van der Waals surface area (Å²) in [6.45, 7) is 4.55. The third-order valence-corrected chi connectivity index (χ3v) is 7.49. The van der Waals surface area contributed by atoms with Crippen LogP contribution in [0.25, 0.3) is 11.0 Å². The fourth-order valence-corrected chi connectivity index (χ4v) is 4.57. The fourth-order valence-electron chi connectivity index (χ4n) is 3.51. The van der Waals surface area contributed by atoms with Gasteiger partial charge in [0, 0.05) is 25.7 Å². The predicted molar refractivity (Wildman–Crippen MR) is 118 cm³/mol. The van der Waals surface area contributed by atoms with E-state index in [0.29, 0.717) is 23.7 Å². The molecule has 0 bridgehead atoms. The van der Waals surface area contributed by atoms with Crippen LogP contribution in [0.4, 0.5) is 11.6 Å².